The van der Waals surface area contributed by atoms with E-state index in [-0.39, 0.29) is 30.2 Å². The maximum Gasteiger partial charge on any atom is 0.337 e. The van der Waals surface area contributed by atoms with E-state index in [1.807, 2.05) is 38.1 Å². The fourth-order valence-corrected chi connectivity index (χ4v) is 3.56. The molecule has 36 heavy (non-hydrogen) atoms. The van der Waals surface area contributed by atoms with Crippen molar-refractivity contribution < 1.29 is 14.6 Å². The van der Waals surface area contributed by atoms with Crippen molar-refractivity contribution >= 4 is 11.7 Å². The first-order valence-corrected chi connectivity index (χ1v) is 11.3. The number of nitrogens with zero attached hydrogens (tertiary/aromatic N) is 4. The van der Waals surface area contributed by atoms with Gasteiger partial charge in [-0.15, -0.1) is 0 Å². The van der Waals surface area contributed by atoms with Crippen LogP contribution in [0.3, 0.4) is 0 Å². The Labute approximate surface area is 205 Å². The highest BCUT2D eigenvalue weighted by Crippen LogP contribution is 2.27. The second-order valence-electron chi connectivity index (χ2n) is 8.21. The fraction of sp³-hybridized carbons (Fsp3) is 0.192. The Kier molecular flexibility index (Phi) is 6.95. The summed E-state index contributed by atoms with van der Waals surface area (Å²) in [5.41, 5.74) is 2.45. The number of H-pyrrole nitrogens is 1. The predicted molar refractivity (Wildman–Crippen MR) is 133 cm³/mol. The Hall–Kier alpha value is -4.73. The first-order valence-electron chi connectivity index (χ1n) is 11.3. The lowest BCUT2D eigenvalue weighted by molar-refractivity contribution is 0.0696. The molecule has 2 aromatic heterocycles. The number of nitrogens with one attached hydrogen (secondary N) is 1. The second kappa shape index (κ2) is 10.3. The molecule has 0 amide bonds. The summed E-state index contributed by atoms with van der Waals surface area (Å²) >= 11 is 0. The summed E-state index contributed by atoms with van der Waals surface area (Å²) in [5.74, 6) is -0.316. The van der Waals surface area contributed by atoms with Gasteiger partial charge in [-0.05, 0) is 56.2 Å². The zero-order valence-electron chi connectivity index (χ0n) is 20.1. The molecule has 0 bridgehead atoms. The van der Waals surface area contributed by atoms with Crippen LogP contribution >= 0.6 is 0 Å². The average Bonchev–Trinajstić information content (AvgIpc) is 2.85. The van der Waals surface area contributed by atoms with Crippen molar-refractivity contribution in [2.24, 2.45) is 4.99 Å². The van der Waals surface area contributed by atoms with Crippen LogP contribution in [-0.2, 0) is 13.1 Å². The molecule has 0 radical (unpaired) electrons. The van der Waals surface area contributed by atoms with Crippen LogP contribution < -0.4 is 21.7 Å². The zero-order valence-corrected chi connectivity index (χ0v) is 20.1. The highest BCUT2D eigenvalue weighted by molar-refractivity contribution is 5.87. The van der Waals surface area contributed by atoms with Crippen molar-refractivity contribution in [1.29, 1.82) is 0 Å². The molecule has 0 aliphatic carbocycles. The number of aryl methyl sites for hydroxylation is 2. The number of aromatic carboxylic acids is 1. The molecule has 4 aromatic rings. The molecule has 0 unspecified atom stereocenters. The van der Waals surface area contributed by atoms with E-state index in [2.05, 4.69) is 15.0 Å². The highest BCUT2D eigenvalue weighted by Gasteiger charge is 2.10. The van der Waals surface area contributed by atoms with Gasteiger partial charge < -0.3 is 9.84 Å². The van der Waals surface area contributed by atoms with Crippen molar-refractivity contribution in [2.45, 2.75) is 33.9 Å². The molecule has 0 saturated heterocycles. The number of carboxylic acid groups (broad SMARTS) is 1. The summed E-state index contributed by atoms with van der Waals surface area (Å²) < 4.78 is 8.32. The van der Waals surface area contributed by atoms with Gasteiger partial charge in [0.2, 0.25) is 11.5 Å². The molecule has 4 rings (SSSR count). The molecule has 0 aliphatic heterocycles. The number of benzene rings is 2. The highest BCUT2D eigenvalue weighted by atomic mass is 16.5. The maximum atomic E-state index is 13.1. The Morgan fingerprint density at radius 2 is 1.81 bits per heavy atom. The Bertz CT molecular complexity index is 1600. The number of aromatic amines is 1. The van der Waals surface area contributed by atoms with Gasteiger partial charge >= 0.3 is 17.3 Å². The van der Waals surface area contributed by atoms with Crippen LogP contribution in [0.5, 0.6) is 11.6 Å². The number of aromatic nitrogens is 4. The normalized spacial score (nSPS) is 11.5. The first kappa shape index (κ1) is 24.4. The third-order valence-corrected chi connectivity index (χ3v) is 5.55. The first-order chi connectivity index (χ1) is 17.2. The topological polar surface area (TPSA) is 132 Å². The summed E-state index contributed by atoms with van der Waals surface area (Å²) in [6.07, 6.45) is 1.22. The van der Waals surface area contributed by atoms with Gasteiger partial charge in [-0.1, -0.05) is 29.8 Å². The van der Waals surface area contributed by atoms with Crippen LogP contribution in [0.15, 0.2) is 75.4 Å². The molecule has 10 heteroatoms. The Morgan fingerprint density at radius 3 is 2.42 bits per heavy atom. The Balaban J connectivity index is 1.71. The van der Waals surface area contributed by atoms with Gasteiger partial charge in [-0.3, -0.25) is 9.55 Å². The van der Waals surface area contributed by atoms with Gasteiger partial charge in [0.15, 0.2) is 0 Å². The lowest BCUT2D eigenvalue weighted by atomic mass is 10.1. The molecule has 0 saturated carbocycles. The molecular formula is C26H25N5O5. The lowest BCUT2D eigenvalue weighted by Crippen LogP contribution is -2.49. The minimum Gasteiger partial charge on any atom is -0.478 e. The third-order valence-electron chi connectivity index (χ3n) is 5.55. The van der Waals surface area contributed by atoms with Gasteiger partial charge in [-0.25, -0.2) is 28.9 Å². The largest absolute Gasteiger partial charge is 0.478 e. The van der Waals surface area contributed by atoms with E-state index in [1.54, 1.807) is 25.1 Å². The number of carbonyl (C=O) groups is 1. The van der Waals surface area contributed by atoms with Gasteiger partial charge in [0.25, 0.3) is 0 Å². The molecule has 2 aromatic carbocycles. The van der Waals surface area contributed by atoms with Gasteiger partial charge in [0.05, 0.1) is 17.8 Å². The lowest BCUT2D eigenvalue weighted by Gasteiger charge is -2.11. The second-order valence-corrected chi connectivity index (χ2v) is 8.21. The fourth-order valence-electron chi connectivity index (χ4n) is 3.56. The van der Waals surface area contributed by atoms with Crippen molar-refractivity contribution in [3.05, 3.63) is 110 Å². The third kappa shape index (κ3) is 5.33. The minimum atomic E-state index is -1.07. The monoisotopic (exact) mass is 487 g/mol. The molecular weight excluding hydrogens is 462 g/mol. The summed E-state index contributed by atoms with van der Waals surface area (Å²) in [6.45, 7) is 6.01. The van der Waals surface area contributed by atoms with Crippen LogP contribution in [0.25, 0.3) is 0 Å². The standard InChI is InChI=1S/C26H25N5O5/c1-4-30-25(34)29-24(31(26(30)35)15-18-7-5-16(2)6-8-18)28-20-10-11-21(17(3)13-20)36-22-12-9-19(14-27-22)23(32)33/h5-14H,4,15H2,1-3H3,(H,32,33)(H,28,29,34). The number of pyridine rings is 1. The quantitative estimate of drug-likeness (QED) is 0.412. The van der Waals surface area contributed by atoms with Crippen LogP contribution in [0.4, 0.5) is 5.69 Å². The van der Waals surface area contributed by atoms with Crippen LogP contribution in [0.2, 0.25) is 0 Å². The van der Waals surface area contributed by atoms with E-state index in [0.717, 1.165) is 21.3 Å². The molecule has 184 valence electrons. The smallest absolute Gasteiger partial charge is 0.337 e. The van der Waals surface area contributed by atoms with Gasteiger partial charge in [0, 0.05) is 18.8 Å². The van der Waals surface area contributed by atoms with Crippen molar-refractivity contribution in [3.8, 4) is 11.6 Å². The summed E-state index contributed by atoms with van der Waals surface area (Å²) in [5, 5.41) is 9.00. The van der Waals surface area contributed by atoms with E-state index >= 15 is 0 Å². The number of carboxylic acids is 1. The maximum absolute atomic E-state index is 13.1. The van der Waals surface area contributed by atoms with Gasteiger partial charge in [0.1, 0.15) is 5.75 Å². The number of rotatable bonds is 7. The molecule has 0 aliphatic rings. The molecule has 2 N–H and O–H groups in total. The molecule has 0 spiro atoms. The van der Waals surface area contributed by atoms with E-state index in [1.165, 1.54) is 22.9 Å². The molecule has 0 fully saturated rings. The summed E-state index contributed by atoms with van der Waals surface area (Å²) in [4.78, 5) is 47.8. The zero-order chi connectivity index (χ0) is 25.8. The van der Waals surface area contributed by atoms with Crippen LogP contribution in [0, 0.1) is 13.8 Å². The van der Waals surface area contributed by atoms with E-state index in [0.29, 0.717) is 11.4 Å². The van der Waals surface area contributed by atoms with Crippen molar-refractivity contribution in [2.75, 3.05) is 0 Å². The Morgan fingerprint density at radius 1 is 1.06 bits per heavy atom. The average molecular weight is 488 g/mol. The molecule has 0 atom stereocenters. The summed E-state index contributed by atoms with van der Waals surface area (Å²) in [7, 11) is 0. The predicted octanol–water partition coefficient (Wildman–Crippen LogP) is 3.14. The van der Waals surface area contributed by atoms with E-state index in [9.17, 15) is 14.4 Å². The SMILES string of the molecule is CCn1c(=O)[nH]/c(=N\c2ccc(Oc3ccc(C(=O)O)cn3)c(C)c2)n(Cc2ccc(C)cc2)c1=O. The molecule has 10 nitrogen and oxygen atoms in total. The summed E-state index contributed by atoms with van der Waals surface area (Å²) in [6, 6.07) is 15.8. The van der Waals surface area contributed by atoms with Crippen molar-refractivity contribution in [1.82, 2.24) is 19.1 Å². The molecule has 2 heterocycles. The van der Waals surface area contributed by atoms with E-state index in [4.69, 9.17) is 9.84 Å². The van der Waals surface area contributed by atoms with Crippen LogP contribution in [0.1, 0.15) is 34.0 Å². The minimum absolute atomic E-state index is 0.0613. The van der Waals surface area contributed by atoms with E-state index < -0.39 is 17.3 Å². The van der Waals surface area contributed by atoms with Gasteiger partial charge in [-0.2, -0.15) is 0 Å². The number of hydrogen-bond acceptors (Lipinski definition) is 6. The van der Waals surface area contributed by atoms with Crippen molar-refractivity contribution in [3.63, 3.8) is 0 Å². The number of ether oxygens (including phenoxy) is 1. The van der Waals surface area contributed by atoms with Crippen LogP contribution in [-0.4, -0.2) is 30.2 Å². The number of hydrogen-bond donors (Lipinski definition) is 2.